The molecule has 1 atom stereocenters. The zero-order valence-corrected chi connectivity index (χ0v) is 10.2. The van der Waals surface area contributed by atoms with Crippen LogP contribution in [-0.4, -0.2) is 17.9 Å². The van der Waals surface area contributed by atoms with E-state index in [1.165, 1.54) is 0 Å². The van der Waals surface area contributed by atoms with Gasteiger partial charge in [0, 0.05) is 19.2 Å². The molecule has 1 aromatic heterocycles. The molecule has 0 aliphatic carbocycles. The summed E-state index contributed by atoms with van der Waals surface area (Å²) < 4.78 is 4.97. The van der Waals surface area contributed by atoms with E-state index in [4.69, 9.17) is 10.2 Å². The summed E-state index contributed by atoms with van der Waals surface area (Å²) in [6.45, 7) is 0.496. The van der Waals surface area contributed by atoms with E-state index in [2.05, 4.69) is 0 Å². The third kappa shape index (κ3) is 2.78. The Kier molecular flexibility index (Phi) is 3.79. The van der Waals surface area contributed by atoms with Gasteiger partial charge in [-0.3, -0.25) is 4.79 Å². The Morgan fingerprint density at radius 2 is 2.06 bits per heavy atom. The molecule has 0 aliphatic heterocycles. The maximum absolute atomic E-state index is 12.1. The Labute approximate surface area is 106 Å². The number of hydrogen-bond donors (Lipinski definition) is 1. The van der Waals surface area contributed by atoms with E-state index in [1.807, 2.05) is 36.4 Å². The number of carbonyl (C=O) groups is 1. The van der Waals surface area contributed by atoms with Crippen LogP contribution >= 0.6 is 0 Å². The van der Waals surface area contributed by atoms with Crippen LogP contribution in [0.4, 0.5) is 0 Å². The summed E-state index contributed by atoms with van der Waals surface area (Å²) in [4.78, 5) is 13.7. The highest BCUT2D eigenvalue weighted by molar-refractivity contribution is 5.82. The quantitative estimate of drug-likeness (QED) is 0.894. The molecular weight excluding hydrogens is 228 g/mol. The van der Waals surface area contributed by atoms with Crippen molar-refractivity contribution in [2.24, 2.45) is 5.73 Å². The topological polar surface area (TPSA) is 59.5 Å². The van der Waals surface area contributed by atoms with Crippen LogP contribution in [0, 0.1) is 0 Å². The monoisotopic (exact) mass is 244 g/mol. The van der Waals surface area contributed by atoms with Crippen LogP contribution in [-0.2, 0) is 11.3 Å². The number of nitrogens with zero attached hydrogens (tertiary/aromatic N) is 1. The van der Waals surface area contributed by atoms with Crippen molar-refractivity contribution < 1.29 is 9.21 Å². The molecule has 0 saturated carbocycles. The van der Waals surface area contributed by atoms with Gasteiger partial charge in [-0.1, -0.05) is 30.3 Å². The lowest BCUT2D eigenvalue weighted by Gasteiger charge is -2.20. The van der Waals surface area contributed by atoms with Crippen molar-refractivity contribution in [3.63, 3.8) is 0 Å². The van der Waals surface area contributed by atoms with Crippen LogP contribution in [0.2, 0.25) is 0 Å². The molecule has 4 nitrogen and oxygen atoms in total. The number of likely N-dealkylation sites (N-methyl/N-ethyl adjacent to an activating group) is 1. The minimum absolute atomic E-state index is 0.109. The van der Waals surface area contributed by atoms with E-state index in [1.54, 1.807) is 24.5 Å². The molecule has 1 heterocycles. The van der Waals surface area contributed by atoms with Gasteiger partial charge in [0.25, 0.3) is 0 Å². The zero-order chi connectivity index (χ0) is 13.0. The fourth-order valence-electron chi connectivity index (χ4n) is 1.77. The SMILES string of the molecule is CN(Cc1ccoc1)C(=O)[C@H](N)c1ccccc1. The Morgan fingerprint density at radius 1 is 1.33 bits per heavy atom. The van der Waals surface area contributed by atoms with Gasteiger partial charge in [-0.15, -0.1) is 0 Å². The van der Waals surface area contributed by atoms with E-state index in [9.17, 15) is 4.79 Å². The highest BCUT2D eigenvalue weighted by Crippen LogP contribution is 2.13. The molecule has 0 spiro atoms. The van der Waals surface area contributed by atoms with Crippen LogP contribution in [0.5, 0.6) is 0 Å². The fraction of sp³-hybridized carbons (Fsp3) is 0.214. The molecule has 0 aliphatic rings. The minimum atomic E-state index is -0.622. The maximum Gasteiger partial charge on any atom is 0.244 e. The lowest BCUT2D eigenvalue weighted by atomic mass is 10.1. The van der Waals surface area contributed by atoms with Gasteiger partial charge < -0.3 is 15.1 Å². The maximum atomic E-state index is 12.1. The number of rotatable bonds is 4. The van der Waals surface area contributed by atoms with Crippen molar-refractivity contribution in [1.82, 2.24) is 4.90 Å². The number of carbonyl (C=O) groups excluding carboxylic acids is 1. The molecule has 2 rings (SSSR count). The molecule has 2 N–H and O–H groups in total. The Bertz CT molecular complexity index is 494. The van der Waals surface area contributed by atoms with E-state index in [0.29, 0.717) is 6.54 Å². The van der Waals surface area contributed by atoms with E-state index in [0.717, 1.165) is 11.1 Å². The number of furan rings is 1. The summed E-state index contributed by atoms with van der Waals surface area (Å²) in [5, 5.41) is 0. The third-order valence-corrected chi connectivity index (χ3v) is 2.80. The van der Waals surface area contributed by atoms with Gasteiger partial charge in [0.15, 0.2) is 0 Å². The molecule has 4 heteroatoms. The van der Waals surface area contributed by atoms with Crippen LogP contribution in [0.1, 0.15) is 17.2 Å². The highest BCUT2D eigenvalue weighted by atomic mass is 16.3. The second kappa shape index (κ2) is 5.51. The molecule has 1 amide bonds. The van der Waals surface area contributed by atoms with E-state index >= 15 is 0 Å². The summed E-state index contributed by atoms with van der Waals surface area (Å²) in [5.41, 5.74) is 7.72. The predicted octanol–water partition coefficient (Wildman–Crippen LogP) is 1.94. The average molecular weight is 244 g/mol. The molecule has 0 fully saturated rings. The summed E-state index contributed by atoms with van der Waals surface area (Å²) in [6, 6.07) is 10.6. The van der Waals surface area contributed by atoms with Crippen molar-refractivity contribution in [2.75, 3.05) is 7.05 Å². The first-order valence-corrected chi connectivity index (χ1v) is 5.75. The fourth-order valence-corrected chi connectivity index (χ4v) is 1.77. The van der Waals surface area contributed by atoms with Gasteiger partial charge in [0.2, 0.25) is 5.91 Å². The Morgan fingerprint density at radius 3 is 2.67 bits per heavy atom. The van der Waals surface area contributed by atoms with Gasteiger partial charge in [-0.05, 0) is 11.6 Å². The number of amides is 1. The average Bonchev–Trinajstić information content (AvgIpc) is 2.91. The summed E-state index contributed by atoms with van der Waals surface area (Å²) >= 11 is 0. The minimum Gasteiger partial charge on any atom is -0.472 e. The third-order valence-electron chi connectivity index (χ3n) is 2.80. The first-order chi connectivity index (χ1) is 8.68. The molecule has 0 unspecified atom stereocenters. The first kappa shape index (κ1) is 12.4. The largest absolute Gasteiger partial charge is 0.472 e. The van der Waals surface area contributed by atoms with Crippen molar-refractivity contribution in [3.8, 4) is 0 Å². The second-order valence-electron chi connectivity index (χ2n) is 4.21. The molecule has 0 bridgehead atoms. The smallest absolute Gasteiger partial charge is 0.244 e. The first-order valence-electron chi connectivity index (χ1n) is 5.75. The second-order valence-corrected chi connectivity index (χ2v) is 4.21. The number of hydrogen-bond acceptors (Lipinski definition) is 3. The molecule has 1 aromatic carbocycles. The molecule has 18 heavy (non-hydrogen) atoms. The van der Waals surface area contributed by atoms with Crippen molar-refractivity contribution in [1.29, 1.82) is 0 Å². The molecule has 0 radical (unpaired) electrons. The predicted molar refractivity (Wildman–Crippen MR) is 68.6 cm³/mol. The van der Waals surface area contributed by atoms with Gasteiger partial charge in [-0.25, -0.2) is 0 Å². The summed E-state index contributed by atoms with van der Waals surface area (Å²) in [5.74, 6) is -0.109. The van der Waals surface area contributed by atoms with Crippen LogP contribution < -0.4 is 5.73 Å². The van der Waals surface area contributed by atoms with Crippen LogP contribution in [0.25, 0.3) is 0 Å². The van der Waals surface area contributed by atoms with Gasteiger partial charge >= 0.3 is 0 Å². The van der Waals surface area contributed by atoms with Crippen LogP contribution in [0.15, 0.2) is 53.3 Å². The lowest BCUT2D eigenvalue weighted by molar-refractivity contribution is -0.131. The van der Waals surface area contributed by atoms with Crippen molar-refractivity contribution in [2.45, 2.75) is 12.6 Å². The Balaban J connectivity index is 2.02. The molecule has 2 aromatic rings. The van der Waals surface area contributed by atoms with Gasteiger partial charge in [0.1, 0.15) is 6.04 Å². The van der Waals surface area contributed by atoms with Crippen LogP contribution in [0.3, 0.4) is 0 Å². The number of nitrogens with two attached hydrogens (primary N) is 1. The van der Waals surface area contributed by atoms with Gasteiger partial charge in [-0.2, -0.15) is 0 Å². The summed E-state index contributed by atoms with van der Waals surface area (Å²) in [7, 11) is 1.73. The lowest BCUT2D eigenvalue weighted by Crippen LogP contribution is -2.35. The molecular formula is C14H16N2O2. The summed E-state index contributed by atoms with van der Waals surface area (Å²) in [6.07, 6.45) is 3.21. The van der Waals surface area contributed by atoms with Crippen molar-refractivity contribution in [3.05, 3.63) is 60.1 Å². The van der Waals surface area contributed by atoms with E-state index < -0.39 is 6.04 Å². The standard InChI is InChI=1S/C14H16N2O2/c1-16(9-11-7-8-18-10-11)14(17)13(15)12-5-3-2-4-6-12/h2-8,10,13H,9,15H2,1H3/t13-/m1/s1. The molecule has 0 saturated heterocycles. The Hall–Kier alpha value is -2.07. The molecule has 94 valence electrons. The van der Waals surface area contributed by atoms with Crippen molar-refractivity contribution >= 4 is 5.91 Å². The number of benzene rings is 1. The van der Waals surface area contributed by atoms with Gasteiger partial charge in [0.05, 0.1) is 12.5 Å². The zero-order valence-electron chi connectivity index (χ0n) is 10.2. The normalized spacial score (nSPS) is 12.1. The highest BCUT2D eigenvalue weighted by Gasteiger charge is 2.19. The van der Waals surface area contributed by atoms with E-state index in [-0.39, 0.29) is 5.91 Å².